The van der Waals surface area contributed by atoms with Gasteiger partial charge in [0.05, 0.1) is 13.2 Å². The number of fused-ring (bicyclic) bond motifs is 2. The van der Waals surface area contributed by atoms with Crippen molar-refractivity contribution in [3.63, 3.8) is 0 Å². The van der Waals surface area contributed by atoms with E-state index in [1.54, 1.807) is 0 Å². The van der Waals surface area contributed by atoms with Crippen molar-refractivity contribution in [1.82, 2.24) is 10.2 Å². The zero-order chi connectivity index (χ0) is 17.1. The van der Waals surface area contributed by atoms with Crippen LogP contribution in [0, 0.1) is 11.8 Å². The van der Waals surface area contributed by atoms with Crippen LogP contribution < -0.4 is 14.8 Å². The zero-order valence-corrected chi connectivity index (χ0v) is 17.9. The number of benzene rings is 1. The van der Waals surface area contributed by atoms with Gasteiger partial charge >= 0.3 is 0 Å². The molecule has 4 rings (SSSR count). The minimum Gasteiger partial charge on any atom is -0.490 e. The molecule has 1 saturated carbocycles. The lowest BCUT2D eigenvalue weighted by atomic mass is 9.82. The van der Waals surface area contributed by atoms with E-state index in [2.05, 4.69) is 21.3 Å². The third kappa shape index (κ3) is 4.21. The van der Waals surface area contributed by atoms with E-state index in [4.69, 9.17) is 9.47 Å². The molecule has 1 aliphatic carbocycles. The van der Waals surface area contributed by atoms with Gasteiger partial charge < -0.3 is 19.7 Å². The quantitative estimate of drug-likeness (QED) is 0.407. The normalized spacial score (nSPS) is 25.1. The van der Waals surface area contributed by atoms with Gasteiger partial charge in [-0.15, -0.1) is 24.0 Å². The van der Waals surface area contributed by atoms with Gasteiger partial charge in [0.15, 0.2) is 17.5 Å². The molecule has 26 heavy (non-hydrogen) atoms. The van der Waals surface area contributed by atoms with Crippen molar-refractivity contribution in [2.24, 2.45) is 16.8 Å². The van der Waals surface area contributed by atoms with Crippen LogP contribution in [-0.4, -0.2) is 44.2 Å². The summed E-state index contributed by atoms with van der Waals surface area (Å²) in [6.07, 6.45) is 6.49. The Kier molecular flexibility index (Phi) is 6.89. The van der Waals surface area contributed by atoms with E-state index in [0.29, 0.717) is 13.2 Å². The molecular weight excluding hydrogens is 441 g/mol. The van der Waals surface area contributed by atoms with Crippen LogP contribution >= 0.6 is 24.0 Å². The SMILES string of the molecule is CN=C(NCc1cccc2c1OCCCO2)N1CC2CCCCC2C1.I. The van der Waals surface area contributed by atoms with E-state index in [1.807, 2.05) is 19.2 Å². The summed E-state index contributed by atoms with van der Waals surface area (Å²) in [6, 6.07) is 6.14. The van der Waals surface area contributed by atoms with E-state index in [9.17, 15) is 0 Å². The zero-order valence-electron chi connectivity index (χ0n) is 15.6. The molecule has 3 aliphatic rings. The summed E-state index contributed by atoms with van der Waals surface area (Å²) < 4.78 is 11.7. The summed E-state index contributed by atoms with van der Waals surface area (Å²) in [5, 5.41) is 3.55. The average Bonchev–Trinajstić information content (AvgIpc) is 2.92. The minimum absolute atomic E-state index is 0. The van der Waals surface area contributed by atoms with Gasteiger partial charge in [0.25, 0.3) is 0 Å². The maximum Gasteiger partial charge on any atom is 0.193 e. The Balaban J connectivity index is 0.00000196. The summed E-state index contributed by atoms with van der Waals surface area (Å²) in [4.78, 5) is 6.98. The van der Waals surface area contributed by atoms with Crippen molar-refractivity contribution < 1.29 is 9.47 Å². The van der Waals surface area contributed by atoms with Crippen molar-refractivity contribution in [3.05, 3.63) is 23.8 Å². The van der Waals surface area contributed by atoms with E-state index >= 15 is 0 Å². The molecule has 1 saturated heterocycles. The fraction of sp³-hybridized carbons (Fsp3) is 0.650. The second kappa shape index (κ2) is 9.15. The molecule has 2 aliphatic heterocycles. The van der Waals surface area contributed by atoms with Crippen molar-refractivity contribution in [2.45, 2.75) is 38.6 Å². The van der Waals surface area contributed by atoms with Crippen molar-refractivity contribution >= 4 is 29.9 Å². The smallest absolute Gasteiger partial charge is 0.193 e. The lowest BCUT2D eigenvalue weighted by Crippen LogP contribution is -2.40. The first-order valence-corrected chi connectivity index (χ1v) is 9.68. The van der Waals surface area contributed by atoms with Crippen LogP contribution in [-0.2, 0) is 6.54 Å². The number of guanidine groups is 1. The van der Waals surface area contributed by atoms with Crippen LogP contribution in [0.5, 0.6) is 11.5 Å². The number of likely N-dealkylation sites (tertiary alicyclic amines) is 1. The van der Waals surface area contributed by atoms with Gasteiger partial charge in [-0.1, -0.05) is 25.0 Å². The Morgan fingerprint density at radius 2 is 1.85 bits per heavy atom. The Labute approximate surface area is 173 Å². The summed E-state index contributed by atoms with van der Waals surface area (Å²) >= 11 is 0. The number of nitrogens with zero attached hydrogens (tertiary/aromatic N) is 2. The summed E-state index contributed by atoms with van der Waals surface area (Å²) in [7, 11) is 1.88. The van der Waals surface area contributed by atoms with Crippen LogP contribution in [0.4, 0.5) is 0 Å². The van der Waals surface area contributed by atoms with Crippen LogP contribution in [0.2, 0.25) is 0 Å². The highest BCUT2D eigenvalue weighted by Crippen LogP contribution is 2.36. The number of hydrogen-bond acceptors (Lipinski definition) is 3. The Bertz CT molecular complexity index is 623. The summed E-state index contributed by atoms with van der Waals surface area (Å²) in [6.45, 7) is 4.45. The molecule has 1 aromatic carbocycles. The fourth-order valence-corrected chi connectivity index (χ4v) is 4.48. The predicted octanol–water partition coefficient (Wildman–Crippen LogP) is 3.66. The number of hydrogen-bond donors (Lipinski definition) is 1. The van der Waals surface area contributed by atoms with E-state index in [1.165, 1.54) is 25.7 Å². The number of ether oxygens (including phenoxy) is 2. The molecule has 144 valence electrons. The number of para-hydroxylation sites is 1. The third-order valence-electron chi connectivity index (χ3n) is 5.78. The number of nitrogens with one attached hydrogen (secondary N) is 1. The van der Waals surface area contributed by atoms with E-state index < -0.39 is 0 Å². The molecular formula is C20H30IN3O2. The Morgan fingerprint density at radius 1 is 1.12 bits per heavy atom. The second-order valence-corrected chi connectivity index (χ2v) is 7.41. The highest BCUT2D eigenvalue weighted by molar-refractivity contribution is 14.0. The first-order chi connectivity index (χ1) is 12.3. The largest absolute Gasteiger partial charge is 0.490 e. The fourth-order valence-electron chi connectivity index (χ4n) is 4.48. The monoisotopic (exact) mass is 471 g/mol. The second-order valence-electron chi connectivity index (χ2n) is 7.41. The number of aliphatic imine (C=N–C) groups is 1. The first kappa shape index (κ1) is 19.6. The summed E-state index contributed by atoms with van der Waals surface area (Å²) in [5.41, 5.74) is 1.14. The lowest BCUT2D eigenvalue weighted by molar-refractivity contribution is 0.296. The molecule has 0 radical (unpaired) electrons. The lowest BCUT2D eigenvalue weighted by Gasteiger charge is -2.22. The molecule has 2 fully saturated rings. The molecule has 5 nitrogen and oxygen atoms in total. The van der Waals surface area contributed by atoms with Crippen LogP contribution in [0.1, 0.15) is 37.7 Å². The highest BCUT2D eigenvalue weighted by Gasteiger charge is 2.35. The molecule has 0 spiro atoms. The van der Waals surface area contributed by atoms with Gasteiger partial charge in [0, 0.05) is 38.7 Å². The number of halogens is 1. The van der Waals surface area contributed by atoms with Crippen LogP contribution in [0.3, 0.4) is 0 Å². The van der Waals surface area contributed by atoms with Gasteiger partial charge in [-0.25, -0.2) is 0 Å². The van der Waals surface area contributed by atoms with Gasteiger partial charge in [-0.3, -0.25) is 4.99 Å². The molecule has 0 amide bonds. The van der Waals surface area contributed by atoms with E-state index in [-0.39, 0.29) is 24.0 Å². The summed E-state index contributed by atoms with van der Waals surface area (Å²) in [5.74, 6) is 4.48. The van der Waals surface area contributed by atoms with E-state index in [0.717, 1.165) is 61.0 Å². The number of rotatable bonds is 2. The van der Waals surface area contributed by atoms with Gasteiger partial charge in [-0.05, 0) is 30.7 Å². The average molecular weight is 471 g/mol. The molecule has 6 heteroatoms. The topological polar surface area (TPSA) is 46.1 Å². The third-order valence-corrected chi connectivity index (χ3v) is 5.78. The minimum atomic E-state index is 0. The van der Waals surface area contributed by atoms with Gasteiger partial charge in [-0.2, -0.15) is 0 Å². The van der Waals surface area contributed by atoms with Gasteiger partial charge in [0.2, 0.25) is 0 Å². The van der Waals surface area contributed by atoms with Crippen LogP contribution in [0.15, 0.2) is 23.2 Å². The molecule has 2 atom stereocenters. The van der Waals surface area contributed by atoms with Crippen molar-refractivity contribution in [1.29, 1.82) is 0 Å². The van der Waals surface area contributed by atoms with Crippen molar-refractivity contribution in [2.75, 3.05) is 33.4 Å². The Morgan fingerprint density at radius 3 is 2.58 bits per heavy atom. The van der Waals surface area contributed by atoms with Gasteiger partial charge in [0.1, 0.15) is 0 Å². The molecule has 2 unspecified atom stereocenters. The standard InChI is InChI=1S/C20H29N3O2.HI/c1-21-20(23-13-16-6-2-3-7-17(16)14-23)22-12-15-8-4-9-18-19(15)25-11-5-10-24-18;/h4,8-9,16-17H,2-3,5-7,10-14H2,1H3,(H,21,22);1H. The van der Waals surface area contributed by atoms with Crippen LogP contribution in [0.25, 0.3) is 0 Å². The Hall–Kier alpha value is -1.18. The predicted molar refractivity (Wildman–Crippen MR) is 115 cm³/mol. The molecule has 0 aromatic heterocycles. The molecule has 1 N–H and O–H groups in total. The molecule has 2 heterocycles. The highest BCUT2D eigenvalue weighted by atomic mass is 127. The maximum absolute atomic E-state index is 5.93. The molecule has 1 aromatic rings. The van der Waals surface area contributed by atoms with Crippen molar-refractivity contribution in [3.8, 4) is 11.5 Å². The molecule has 0 bridgehead atoms. The maximum atomic E-state index is 5.93. The first-order valence-electron chi connectivity index (χ1n) is 9.68.